The Morgan fingerprint density at radius 2 is 1.90 bits per heavy atom. The minimum atomic E-state index is -0.726. The predicted molar refractivity (Wildman–Crippen MR) is 116 cm³/mol. The molecule has 0 spiro atoms. The zero-order valence-electron chi connectivity index (χ0n) is 18.1. The van der Waals surface area contributed by atoms with Crippen LogP contribution in [0.25, 0.3) is 0 Å². The molecule has 7 heteroatoms. The molecular formula is C23H36FN3O3. The van der Waals surface area contributed by atoms with Gasteiger partial charge in [-0.1, -0.05) is 12.8 Å². The molecule has 168 valence electrons. The summed E-state index contributed by atoms with van der Waals surface area (Å²) < 4.78 is 24.6. The Morgan fingerprint density at radius 1 is 1.20 bits per heavy atom. The summed E-state index contributed by atoms with van der Waals surface area (Å²) in [5, 5.41) is 13.5. The maximum Gasteiger partial charge on any atom is 0.194 e. The lowest BCUT2D eigenvalue weighted by Gasteiger charge is -2.34. The van der Waals surface area contributed by atoms with Crippen molar-refractivity contribution in [2.24, 2.45) is 10.9 Å². The molecule has 1 heterocycles. The van der Waals surface area contributed by atoms with Crippen LogP contribution in [0.4, 0.5) is 4.39 Å². The van der Waals surface area contributed by atoms with Gasteiger partial charge in [-0.3, -0.25) is 4.99 Å². The molecule has 1 aliphatic carbocycles. The Kier molecular flexibility index (Phi) is 9.21. The van der Waals surface area contributed by atoms with Gasteiger partial charge in [-0.05, 0) is 62.8 Å². The Morgan fingerprint density at radius 3 is 2.57 bits per heavy atom. The van der Waals surface area contributed by atoms with E-state index in [2.05, 4.69) is 15.2 Å². The molecule has 0 amide bonds. The van der Waals surface area contributed by atoms with E-state index in [9.17, 15) is 9.50 Å². The predicted octanol–water partition coefficient (Wildman–Crippen LogP) is 3.20. The quantitative estimate of drug-likeness (QED) is 0.474. The molecule has 1 saturated carbocycles. The van der Waals surface area contributed by atoms with E-state index in [0.717, 1.165) is 51.0 Å². The number of aliphatic imine (C=N–C) groups is 1. The van der Waals surface area contributed by atoms with Gasteiger partial charge in [0.15, 0.2) is 5.96 Å². The fourth-order valence-electron chi connectivity index (χ4n) is 4.08. The number of piperidine rings is 1. The highest BCUT2D eigenvalue weighted by Gasteiger charge is 2.24. The van der Waals surface area contributed by atoms with Gasteiger partial charge in [0.2, 0.25) is 0 Å². The lowest BCUT2D eigenvalue weighted by molar-refractivity contribution is 0.000964. The summed E-state index contributed by atoms with van der Waals surface area (Å²) >= 11 is 0. The zero-order valence-corrected chi connectivity index (χ0v) is 18.1. The van der Waals surface area contributed by atoms with Crippen molar-refractivity contribution in [3.63, 3.8) is 0 Å². The Balaban J connectivity index is 1.40. The maximum absolute atomic E-state index is 12.9. The van der Waals surface area contributed by atoms with E-state index in [-0.39, 0.29) is 19.0 Å². The monoisotopic (exact) mass is 421 g/mol. The molecular weight excluding hydrogens is 385 g/mol. The van der Waals surface area contributed by atoms with Crippen LogP contribution in [0.3, 0.4) is 0 Å². The Hall–Kier alpha value is -1.86. The van der Waals surface area contributed by atoms with Gasteiger partial charge in [-0.2, -0.15) is 0 Å². The second-order valence-electron chi connectivity index (χ2n) is 8.28. The SMILES string of the molecule is CCNC(=NCC(O)COc1ccc(F)cc1)N1CCC(OCC2CCCC2)CC1. The molecule has 3 rings (SSSR count). The van der Waals surface area contributed by atoms with Gasteiger partial charge >= 0.3 is 0 Å². The number of aliphatic hydroxyl groups is 1. The third-order valence-electron chi connectivity index (χ3n) is 5.83. The van der Waals surface area contributed by atoms with Crippen LogP contribution in [0.2, 0.25) is 0 Å². The van der Waals surface area contributed by atoms with E-state index < -0.39 is 6.10 Å². The first kappa shape index (κ1) is 22.8. The van der Waals surface area contributed by atoms with Gasteiger partial charge in [0, 0.05) is 26.2 Å². The largest absolute Gasteiger partial charge is 0.491 e. The molecule has 2 N–H and O–H groups in total. The average Bonchev–Trinajstić information content (AvgIpc) is 3.29. The first-order valence-corrected chi connectivity index (χ1v) is 11.4. The van der Waals surface area contributed by atoms with Crippen molar-refractivity contribution in [3.8, 4) is 5.75 Å². The second-order valence-corrected chi connectivity index (χ2v) is 8.28. The van der Waals surface area contributed by atoms with Crippen molar-refractivity contribution in [1.29, 1.82) is 0 Å². The summed E-state index contributed by atoms with van der Waals surface area (Å²) in [6.07, 6.45) is 6.99. The van der Waals surface area contributed by atoms with Crippen LogP contribution < -0.4 is 10.1 Å². The molecule has 2 fully saturated rings. The number of likely N-dealkylation sites (tertiary alicyclic amines) is 1. The van der Waals surface area contributed by atoms with Crippen molar-refractivity contribution < 1.29 is 19.0 Å². The number of guanidine groups is 1. The minimum Gasteiger partial charge on any atom is -0.491 e. The fourth-order valence-corrected chi connectivity index (χ4v) is 4.08. The van der Waals surface area contributed by atoms with Gasteiger partial charge in [0.05, 0.1) is 12.6 Å². The van der Waals surface area contributed by atoms with E-state index in [1.807, 2.05) is 6.92 Å². The number of halogens is 1. The van der Waals surface area contributed by atoms with E-state index in [4.69, 9.17) is 9.47 Å². The topological polar surface area (TPSA) is 66.3 Å². The number of benzene rings is 1. The normalized spacial score (nSPS) is 19.8. The van der Waals surface area contributed by atoms with Gasteiger partial charge in [-0.25, -0.2) is 4.39 Å². The summed E-state index contributed by atoms with van der Waals surface area (Å²) in [5.74, 6) is 1.81. The molecule has 1 atom stereocenters. The number of nitrogens with one attached hydrogen (secondary N) is 1. The summed E-state index contributed by atoms with van der Waals surface area (Å²) in [4.78, 5) is 6.84. The molecule has 1 saturated heterocycles. The van der Waals surface area contributed by atoms with Crippen molar-refractivity contribution >= 4 is 5.96 Å². The Labute approximate surface area is 179 Å². The molecule has 1 aliphatic heterocycles. The first-order chi connectivity index (χ1) is 14.6. The molecule has 30 heavy (non-hydrogen) atoms. The van der Waals surface area contributed by atoms with Gasteiger partial charge in [-0.15, -0.1) is 0 Å². The maximum atomic E-state index is 12.9. The van der Waals surface area contributed by atoms with Crippen LogP contribution in [0.5, 0.6) is 5.75 Å². The van der Waals surface area contributed by atoms with E-state index >= 15 is 0 Å². The third kappa shape index (κ3) is 7.43. The summed E-state index contributed by atoms with van der Waals surface area (Å²) in [6, 6.07) is 5.77. The third-order valence-corrected chi connectivity index (χ3v) is 5.83. The fraction of sp³-hybridized carbons (Fsp3) is 0.696. The molecule has 6 nitrogen and oxygen atoms in total. The number of ether oxygens (including phenoxy) is 2. The highest BCUT2D eigenvalue weighted by Crippen LogP contribution is 2.26. The van der Waals surface area contributed by atoms with Gasteiger partial charge in [0.1, 0.15) is 24.3 Å². The number of aliphatic hydroxyl groups excluding tert-OH is 1. The van der Waals surface area contributed by atoms with E-state index in [0.29, 0.717) is 11.9 Å². The Bertz CT molecular complexity index is 642. The molecule has 1 unspecified atom stereocenters. The number of rotatable bonds is 9. The minimum absolute atomic E-state index is 0.117. The van der Waals surface area contributed by atoms with Crippen molar-refractivity contribution in [1.82, 2.24) is 10.2 Å². The van der Waals surface area contributed by atoms with Crippen LogP contribution in [0, 0.1) is 11.7 Å². The zero-order chi connectivity index (χ0) is 21.2. The van der Waals surface area contributed by atoms with Crippen LogP contribution in [0.1, 0.15) is 45.4 Å². The lowest BCUT2D eigenvalue weighted by atomic mass is 10.1. The van der Waals surface area contributed by atoms with Crippen LogP contribution in [0.15, 0.2) is 29.3 Å². The van der Waals surface area contributed by atoms with Gasteiger partial charge in [0.25, 0.3) is 0 Å². The molecule has 0 bridgehead atoms. The van der Waals surface area contributed by atoms with Gasteiger partial charge < -0.3 is 24.8 Å². The van der Waals surface area contributed by atoms with Crippen molar-refractivity contribution in [2.45, 2.75) is 57.7 Å². The molecule has 1 aromatic carbocycles. The summed E-state index contributed by atoms with van der Waals surface area (Å²) in [7, 11) is 0. The number of hydrogen-bond donors (Lipinski definition) is 2. The van der Waals surface area contributed by atoms with E-state index in [1.165, 1.54) is 37.8 Å². The summed E-state index contributed by atoms with van der Waals surface area (Å²) in [6.45, 7) is 5.92. The highest BCUT2D eigenvalue weighted by atomic mass is 19.1. The lowest BCUT2D eigenvalue weighted by Crippen LogP contribution is -2.47. The van der Waals surface area contributed by atoms with Crippen molar-refractivity contribution in [2.75, 3.05) is 39.4 Å². The second kappa shape index (κ2) is 12.1. The molecule has 0 radical (unpaired) electrons. The summed E-state index contributed by atoms with van der Waals surface area (Å²) in [5.41, 5.74) is 0. The number of nitrogens with zero attached hydrogens (tertiary/aromatic N) is 2. The smallest absolute Gasteiger partial charge is 0.194 e. The standard InChI is InChI=1S/C23H36FN3O3/c1-2-25-23(26-15-20(28)17-30-21-9-7-19(24)8-10-21)27-13-11-22(12-14-27)29-16-18-5-3-4-6-18/h7-10,18,20,22,28H,2-6,11-17H2,1H3,(H,25,26). The first-order valence-electron chi connectivity index (χ1n) is 11.4. The molecule has 1 aromatic rings. The van der Waals surface area contributed by atoms with Crippen LogP contribution in [-0.2, 0) is 4.74 Å². The van der Waals surface area contributed by atoms with Crippen LogP contribution >= 0.6 is 0 Å². The number of hydrogen-bond acceptors (Lipinski definition) is 4. The molecule has 0 aromatic heterocycles. The molecule has 2 aliphatic rings. The van der Waals surface area contributed by atoms with E-state index in [1.54, 1.807) is 12.1 Å². The van der Waals surface area contributed by atoms with Crippen LogP contribution in [-0.4, -0.2) is 67.6 Å². The van der Waals surface area contributed by atoms with Crippen molar-refractivity contribution in [3.05, 3.63) is 30.1 Å². The average molecular weight is 422 g/mol. The highest BCUT2D eigenvalue weighted by molar-refractivity contribution is 5.80.